The van der Waals surface area contributed by atoms with Crippen LogP contribution >= 0.6 is 24.0 Å². The van der Waals surface area contributed by atoms with Crippen LogP contribution in [-0.4, -0.2) is 26.4 Å². The molecule has 1 saturated heterocycles. The number of rotatable bonds is 4. The molecule has 30 heavy (non-hydrogen) atoms. The van der Waals surface area contributed by atoms with E-state index in [1.165, 1.54) is 35.2 Å². The van der Waals surface area contributed by atoms with Gasteiger partial charge in [-0.1, -0.05) is 36.1 Å². The van der Waals surface area contributed by atoms with Crippen LogP contribution in [0.4, 0.5) is 10.1 Å². The van der Waals surface area contributed by atoms with E-state index in [1.807, 2.05) is 0 Å². The number of thiocarbonyl (C=S) groups is 1. The molecule has 0 unspecified atom stereocenters. The van der Waals surface area contributed by atoms with Crippen LogP contribution in [0.15, 0.2) is 63.9 Å². The number of thioether (sulfide) groups is 1. The van der Waals surface area contributed by atoms with Crippen molar-refractivity contribution in [2.24, 2.45) is 0 Å². The van der Waals surface area contributed by atoms with Crippen LogP contribution in [0.5, 0.6) is 5.75 Å². The number of halogens is 1. The number of anilines is 1. The molecule has 0 bridgehead atoms. The average Bonchev–Trinajstić information content (AvgIpc) is 3.27. The van der Waals surface area contributed by atoms with E-state index >= 15 is 0 Å². The number of furan rings is 1. The molecule has 1 aromatic heterocycles. The van der Waals surface area contributed by atoms with Gasteiger partial charge >= 0.3 is 5.97 Å². The third-order valence-electron chi connectivity index (χ3n) is 4.30. The van der Waals surface area contributed by atoms with Gasteiger partial charge < -0.3 is 14.6 Å². The number of benzene rings is 2. The van der Waals surface area contributed by atoms with Gasteiger partial charge in [0.15, 0.2) is 4.32 Å². The molecule has 6 nitrogen and oxygen atoms in total. The first-order valence-electron chi connectivity index (χ1n) is 8.54. The highest BCUT2D eigenvalue weighted by atomic mass is 32.2. The molecule has 0 saturated carbocycles. The van der Waals surface area contributed by atoms with E-state index in [4.69, 9.17) is 16.6 Å². The maximum Gasteiger partial charge on any atom is 0.339 e. The van der Waals surface area contributed by atoms with Crippen molar-refractivity contribution in [3.8, 4) is 17.1 Å². The molecule has 4 rings (SSSR count). The highest BCUT2D eigenvalue weighted by Crippen LogP contribution is 2.38. The van der Waals surface area contributed by atoms with Gasteiger partial charge in [-0.2, -0.15) is 0 Å². The van der Waals surface area contributed by atoms with E-state index in [0.29, 0.717) is 17.1 Å². The van der Waals surface area contributed by atoms with Gasteiger partial charge in [0.2, 0.25) is 0 Å². The molecular formula is C21H12FNO5S2. The summed E-state index contributed by atoms with van der Waals surface area (Å²) in [5.41, 5.74) is 0.184. The zero-order valence-electron chi connectivity index (χ0n) is 15.0. The highest BCUT2D eigenvalue weighted by molar-refractivity contribution is 8.27. The minimum Gasteiger partial charge on any atom is -0.507 e. The first-order chi connectivity index (χ1) is 14.3. The van der Waals surface area contributed by atoms with E-state index in [1.54, 1.807) is 30.3 Å². The minimum atomic E-state index is -1.33. The van der Waals surface area contributed by atoms with E-state index in [2.05, 4.69) is 0 Å². The first kappa shape index (κ1) is 19.9. The Bertz CT molecular complexity index is 1230. The molecule has 0 radical (unpaired) electrons. The van der Waals surface area contributed by atoms with Crippen LogP contribution in [0.2, 0.25) is 0 Å². The van der Waals surface area contributed by atoms with Crippen LogP contribution in [0.25, 0.3) is 17.4 Å². The van der Waals surface area contributed by atoms with Crippen LogP contribution in [0.1, 0.15) is 16.1 Å². The number of aromatic carboxylic acids is 1. The number of hydrogen-bond acceptors (Lipinski definition) is 6. The SMILES string of the molecule is O=C(O)c1cc(N2C(=O)/C(=C/c3ccc(-c4ccccc4F)o3)SC2=S)ccc1O. The smallest absolute Gasteiger partial charge is 0.339 e. The Labute approximate surface area is 179 Å². The van der Waals surface area contributed by atoms with Gasteiger partial charge in [0.25, 0.3) is 5.91 Å². The van der Waals surface area contributed by atoms with Crippen molar-refractivity contribution in [3.05, 3.63) is 76.6 Å². The molecule has 2 aromatic carbocycles. The number of carboxylic acid groups (broad SMARTS) is 1. The third kappa shape index (κ3) is 3.60. The maximum absolute atomic E-state index is 13.9. The van der Waals surface area contributed by atoms with Crippen LogP contribution < -0.4 is 4.90 Å². The van der Waals surface area contributed by atoms with Crippen molar-refractivity contribution in [2.45, 2.75) is 0 Å². The summed E-state index contributed by atoms with van der Waals surface area (Å²) in [5, 5.41) is 18.8. The van der Waals surface area contributed by atoms with E-state index < -0.39 is 23.4 Å². The van der Waals surface area contributed by atoms with Crippen molar-refractivity contribution < 1.29 is 28.6 Å². The largest absolute Gasteiger partial charge is 0.507 e. The maximum atomic E-state index is 13.9. The molecule has 3 aromatic rings. The predicted molar refractivity (Wildman–Crippen MR) is 115 cm³/mol. The Morgan fingerprint density at radius 1 is 1.17 bits per heavy atom. The number of aromatic hydroxyl groups is 1. The Morgan fingerprint density at radius 2 is 1.93 bits per heavy atom. The summed E-state index contributed by atoms with van der Waals surface area (Å²) >= 11 is 6.29. The Hall–Kier alpha value is -3.43. The molecule has 2 heterocycles. The zero-order valence-corrected chi connectivity index (χ0v) is 16.7. The Balaban J connectivity index is 1.64. The molecular weight excluding hydrogens is 429 g/mol. The minimum absolute atomic E-state index is 0.203. The molecule has 0 atom stereocenters. The molecule has 0 spiro atoms. The van der Waals surface area contributed by atoms with Crippen LogP contribution in [0.3, 0.4) is 0 Å². The third-order valence-corrected chi connectivity index (χ3v) is 5.60. The lowest BCUT2D eigenvalue weighted by Gasteiger charge is -2.15. The average molecular weight is 441 g/mol. The lowest BCUT2D eigenvalue weighted by Crippen LogP contribution is -2.27. The fourth-order valence-corrected chi connectivity index (χ4v) is 4.17. The van der Waals surface area contributed by atoms with E-state index in [-0.39, 0.29) is 20.5 Å². The van der Waals surface area contributed by atoms with Crippen molar-refractivity contribution in [2.75, 3.05) is 4.90 Å². The molecule has 1 fully saturated rings. The lowest BCUT2D eigenvalue weighted by molar-refractivity contribution is -0.113. The molecule has 1 aliphatic heterocycles. The summed E-state index contributed by atoms with van der Waals surface area (Å²) in [6.45, 7) is 0. The first-order valence-corrected chi connectivity index (χ1v) is 9.76. The van der Waals surface area contributed by atoms with Crippen molar-refractivity contribution in [1.82, 2.24) is 0 Å². The van der Waals surface area contributed by atoms with Gasteiger partial charge in [0.05, 0.1) is 16.2 Å². The molecule has 150 valence electrons. The zero-order chi connectivity index (χ0) is 21.4. The molecule has 1 aliphatic rings. The lowest BCUT2D eigenvalue weighted by atomic mass is 10.1. The molecule has 1 amide bonds. The standard InChI is InChI=1S/C21H12FNO5S2/c22-15-4-2-1-3-13(15)17-8-6-12(28-17)10-18-19(25)23(21(29)30-18)11-5-7-16(24)14(9-11)20(26)27/h1-10,24H,(H,26,27)/b18-10-. The fraction of sp³-hybridized carbons (Fsp3) is 0. The summed E-state index contributed by atoms with van der Waals surface area (Å²) in [7, 11) is 0. The van der Waals surface area contributed by atoms with Gasteiger partial charge in [-0.15, -0.1) is 0 Å². The Kier molecular flexibility index (Phi) is 5.15. The summed E-state index contributed by atoms with van der Waals surface area (Å²) in [6, 6.07) is 13.2. The van der Waals surface area contributed by atoms with Crippen molar-refractivity contribution in [1.29, 1.82) is 0 Å². The van der Waals surface area contributed by atoms with Gasteiger partial charge in [0.1, 0.15) is 28.7 Å². The summed E-state index contributed by atoms with van der Waals surface area (Å²) in [5.74, 6) is -1.97. The summed E-state index contributed by atoms with van der Waals surface area (Å²) in [6.07, 6.45) is 1.49. The predicted octanol–water partition coefficient (Wildman–Crippen LogP) is 4.90. The Morgan fingerprint density at radius 3 is 2.67 bits per heavy atom. The van der Waals surface area contributed by atoms with Gasteiger partial charge in [0, 0.05) is 6.08 Å². The number of hydrogen-bond donors (Lipinski definition) is 2. The number of phenols is 1. The summed E-state index contributed by atoms with van der Waals surface area (Å²) in [4.78, 5) is 25.5. The second-order valence-corrected chi connectivity index (χ2v) is 7.88. The molecule has 2 N–H and O–H groups in total. The van der Waals surface area contributed by atoms with Gasteiger partial charge in [-0.25, -0.2) is 9.18 Å². The summed E-state index contributed by atoms with van der Waals surface area (Å²) < 4.78 is 19.8. The fourth-order valence-electron chi connectivity index (χ4n) is 2.89. The monoisotopic (exact) mass is 441 g/mol. The van der Waals surface area contributed by atoms with E-state index in [9.17, 15) is 24.2 Å². The number of nitrogens with zero attached hydrogens (tertiary/aromatic N) is 1. The van der Waals surface area contributed by atoms with E-state index in [0.717, 1.165) is 11.8 Å². The van der Waals surface area contributed by atoms with Crippen molar-refractivity contribution >= 4 is 51.9 Å². The van der Waals surface area contributed by atoms with Crippen molar-refractivity contribution in [3.63, 3.8) is 0 Å². The second-order valence-electron chi connectivity index (χ2n) is 6.21. The number of carbonyl (C=O) groups is 2. The molecule has 0 aliphatic carbocycles. The van der Waals surface area contributed by atoms with Gasteiger partial charge in [-0.3, -0.25) is 9.69 Å². The number of amides is 1. The second kappa shape index (κ2) is 7.77. The number of carbonyl (C=O) groups excluding carboxylic acids is 1. The molecule has 9 heteroatoms. The topological polar surface area (TPSA) is 91.0 Å². The van der Waals surface area contributed by atoms with Crippen LogP contribution in [-0.2, 0) is 4.79 Å². The quantitative estimate of drug-likeness (QED) is 0.440. The highest BCUT2D eigenvalue weighted by Gasteiger charge is 2.34. The van der Waals surface area contributed by atoms with Gasteiger partial charge in [-0.05, 0) is 42.5 Å². The van der Waals surface area contributed by atoms with Crippen LogP contribution in [0, 0.1) is 5.82 Å². The normalized spacial score (nSPS) is 15.2. The number of carboxylic acids is 1.